The number of amides is 1. The lowest BCUT2D eigenvalue weighted by atomic mass is 10.0. The Bertz CT molecular complexity index is 1140. The highest BCUT2D eigenvalue weighted by atomic mass is 16.5. The molecule has 6 nitrogen and oxygen atoms in total. The number of hydrogen-bond acceptors (Lipinski definition) is 5. The van der Waals surface area contributed by atoms with Crippen molar-refractivity contribution in [1.29, 1.82) is 0 Å². The molecule has 6 heteroatoms. The summed E-state index contributed by atoms with van der Waals surface area (Å²) in [6.07, 6.45) is 64.3. The normalized spacial score (nSPS) is 13.6. The highest BCUT2D eigenvalue weighted by Crippen LogP contribution is 2.18. The minimum absolute atomic E-state index is 0.0506. The van der Waals surface area contributed by atoms with Crippen molar-refractivity contribution in [3.8, 4) is 0 Å². The molecule has 0 fully saturated rings. The third kappa shape index (κ3) is 46.1. The molecule has 0 aromatic carbocycles. The van der Waals surface area contributed by atoms with Crippen LogP contribution in [0.3, 0.4) is 0 Å². The molecule has 0 bridgehead atoms. The van der Waals surface area contributed by atoms with Crippen LogP contribution in [0.1, 0.15) is 271 Å². The second-order valence-electron chi connectivity index (χ2n) is 18.7. The van der Waals surface area contributed by atoms with Crippen molar-refractivity contribution in [2.45, 2.75) is 289 Å². The molecule has 3 N–H and O–H groups in total. The Morgan fingerprint density at radius 1 is 0.469 bits per heavy atom. The minimum atomic E-state index is -0.800. The lowest BCUT2D eigenvalue weighted by Crippen LogP contribution is -2.46. The molecule has 64 heavy (non-hydrogen) atoms. The van der Waals surface area contributed by atoms with Crippen molar-refractivity contribution in [2.24, 2.45) is 0 Å². The van der Waals surface area contributed by atoms with Gasteiger partial charge in [0.15, 0.2) is 0 Å². The molecule has 0 rings (SSSR count). The van der Waals surface area contributed by atoms with Crippen LogP contribution < -0.4 is 5.32 Å². The van der Waals surface area contributed by atoms with Crippen LogP contribution in [0.2, 0.25) is 0 Å². The van der Waals surface area contributed by atoms with Crippen LogP contribution in [0, 0.1) is 0 Å². The number of carbonyl (C=O) groups is 2. The van der Waals surface area contributed by atoms with E-state index in [-0.39, 0.29) is 24.9 Å². The van der Waals surface area contributed by atoms with Crippen LogP contribution in [0.15, 0.2) is 60.8 Å². The van der Waals surface area contributed by atoms with E-state index in [1.807, 2.05) is 48.6 Å². The molecule has 372 valence electrons. The Morgan fingerprint density at radius 3 is 1.22 bits per heavy atom. The van der Waals surface area contributed by atoms with E-state index in [0.29, 0.717) is 25.7 Å². The van der Waals surface area contributed by atoms with Gasteiger partial charge in [-0.15, -0.1) is 0 Å². The van der Waals surface area contributed by atoms with Crippen molar-refractivity contribution in [1.82, 2.24) is 5.32 Å². The summed E-state index contributed by atoms with van der Waals surface area (Å²) in [5.41, 5.74) is 0. The largest absolute Gasteiger partial charge is 0.462 e. The lowest BCUT2D eigenvalue weighted by molar-refractivity contribution is -0.151. The smallest absolute Gasteiger partial charge is 0.306 e. The van der Waals surface area contributed by atoms with E-state index in [0.717, 1.165) is 51.4 Å². The third-order valence-corrected chi connectivity index (χ3v) is 12.5. The number of nitrogens with one attached hydrogen (secondary N) is 1. The summed E-state index contributed by atoms with van der Waals surface area (Å²) in [6, 6.07) is -0.716. The lowest BCUT2D eigenvalue weighted by Gasteiger charge is -2.24. The number of rotatable bonds is 49. The van der Waals surface area contributed by atoms with Gasteiger partial charge >= 0.3 is 5.97 Å². The number of esters is 1. The predicted molar refractivity (Wildman–Crippen MR) is 278 cm³/mol. The van der Waals surface area contributed by atoms with Crippen molar-refractivity contribution < 1.29 is 24.5 Å². The molecule has 1 amide bonds. The molecule has 0 saturated carbocycles. The topological polar surface area (TPSA) is 95.9 Å². The SMILES string of the molecule is CC/C=C/C=C/C=C\C=C/C=C/CCCC(=O)OC(CCCCCCCCCCCCCCCCCC)CC(=O)NC(CO)C(O)CCCCCCCCCCCCCCCCCC. The molecule has 0 aliphatic rings. The molecule has 0 heterocycles. The van der Waals surface area contributed by atoms with Crippen molar-refractivity contribution in [3.05, 3.63) is 60.8 Å². The van der Waals surface area contributed by atoms with E-state index in [2.05, 4.69) is 38.2 Å². The Hall–Kier alpha value is -2.44. The van der Waals surface area contributed by atoms with Gasteiger partial charge in [-0.05, 0) is 38.5 Å². The minimum Gasteiger partial charge on any atom is -0.462 e. The van der Waals surface area contributed by atoms with E-state index in [1.165, 1.54) is 167 Å². The second-order valence-corrected chi connectivity index (χ2v) is 18.7. The van der Waals surface area contributed by atoms with Gasteiger partial charge < -0.3 is 20.3 Å². The molecule has 3 atom stereocenters. The van der Waals surface area contributed by atoms with Crippen LogP contribution in [0.4, 0.5) is 0 Å². The predicted octanol–water partition coefficient (Wildman–Crippen LogP) is 16.8. The Balaban J connectivity index is 4.61. The zero-order valence-electron chi connectivity index (χ0n) is 42.4. The molecule has 0 aromatic heterocycles. The zero-order chi connectivity index (χ0) is 46.7. The zero-order valence-corrected chi connectivity index (χ0v) is 42.4. The Morgan fingerprint density at radius 2 is 0.828 bits per heavy atom. The molecule has 0 radical (unpaired) electrons. The molecule has 0 saturated heterocycles. The van der Waals surface area contributed by atoms with E-state index in [1.54, 1.807) is 0 Å². The average molecular weight is 896 g/mol. The highest BCUT2D eigenvalue weighted by molar-refractivity contribution is 5.77. The summed E-state index contributed by atoms with van der Waals surface area (Å²) in [5, 5.41) is 23.8. The van der Waals surface area contributed by atoms with Crippen LogP contribution in [0.5, 0.6) is 0 Å². The van der Waals surface area contributed by atoms with Gasteiger partial charge in [0.05, 0.1) is 25.2 Å². The highest BCUT2D eigenvalue weighted by Gasteiger charge is 2.24. The fourth-order valence-corrected chi connectivity index (χ4v) is 8.34. The molecular weight excluding hydrogens is 791 g/mol. The summed E-state index contributed by atoms with van der Waals surface area (Å²) in [4.78, 5) is 26.2. The Labute approximate surface area is 397 Å². The average Bonchev–Trinajstić information content (AvgIpc) is 3.29. The second kappa shape index (κ2) is 51.5. The monoisotopic (exact) mass is 896 g/mol. The summed E-state index contributed by atoms with van der Waals surface area (Å²) < 4.78 is 5.91. The van der Waals surface area contributed by atoms with Gasteiger partial charge in [0.1, 0.15) is 6.10 Å². The molecule has 0 spiro atoms. The van der Waals surface area contributed by atoms with E-state index in [4.69, 9.17) is 4.74 Å². The van der Waals surface area contributed by atoms with E-state index >= 15 is 0 Å². The van der Waals surface area contributed by atoms with E-state index in [9.17, 15) is 19.8 Å². The number of hydrogen-bond donors (Lipinski definition) is 3. The number of aliphatic hydroxyl groups excluding tert-OH is 2. The number of allylic oxidation sites excluding steroid dienone is 10. The quantitative estimate of drug-likeness (QED) is 0.0321. The summed E-state index contributed by atoms with van der Waals surface area (Å²) in [7, 11) is 0. The summed E-state index contributed by atoms with van der Waals surface area (Å²) in [5.74, 6) is -0.552. The number of carbonyl (C=O) groups excluding carboxylic acids is 2. The van der Waals surface area contributed by atoms with Crippen LogP contribution >= 0.6 is 0 Å². The fourth-order valence-electron chi connectivity index (χ4n) is 8.34. The van der Waals surface area contributed by atoms with Crippen LogP contribution in [0.25, 0.3) is 0 Å². The molecule has 0 aromatic rings. The Kier molecular flexibility index (Phi) is 49.6. The van der Waals surface area contributed by atoms with Gasteiger partial charge in [-0.2, -0.15) is 0 Å². The molecule has 3 unspecified atom stereocenters. The maximum Gasteiger partial charge on any atom is 0.306 e. The maximum atomic E-state index is 13.2. The van der Waals surface area contributed by atoms with Crippen LogP contribution in [-0.4, -0.2) is 46.9 Å². The van der Waals surface area contributed by atoms with Crippen molar-refractivity contribution >= 4 is 11.9 Å². The third-order valence-electron chi connectivity index (χ3n) is 12.5. The van der Waals surface area contributed by atoms with Gasteiger partial charge in [-0.1, -0.05) is 281 Å². The standard InChI is InChI=1S/C58H105NO5/c1-4-7-10-13-16-19-22-25-27-29-32-34-37-40-43-46-49-54(64-58(63)51-48-45-42-39-36-31-24-21-18-15-12-9-6-3)52-57(62)59-55(53-60)56(61)50-47-44-41-38-35-33-30-28-26-23-20-17-14-11-8-5-2/h9,12,15,18,21,24,31,36,39,42,54-56,60-61H,4-8,10-11,13-14,16-17,19-20,22-23,25-30,32-35,37-38,40-41,43-53H2,1-3H3,(H,59,62)/b12-9+,18-15+,24-21-,36-31-,42-39+. The van der Waals surface area contributed by atoms with E-state index < -0.39 is 18.2 Å². The fraction of sp³-hybridized carbons (Fsp3) is 0.793. The number of aliphatic hydroxyl groups is 2. The molecular formula is C58H105NO5. The van der Waals surface area contributed by atoms with Gasteiger partial charge in [0, 0.05) is 6.42 Å². The molecule has 0 aliphatic heterocycles. The number of unbranched alkanes of at least 4 members (excludes halogenated alkanes) is 31. The van der Waals surface area contributed by atoms with Gasteiger partial charge in [-0.25, -0.2) is 0 Å². The first kappa shape index (κ1) is 61.6. The first-order chi connectivity index (χ1) is 31.5. The van der Waals surface area contributed by atoms with Crippen molar-refractivity contribution in [3.63, 3.8) is 0 Å². The number of ether oxygens (including phenoxy) is 1. The van der Waals surface area contributed by atoms with Gasteiger partial charge in [-0.3, -0.25) is 9.59 Å². The summed E-state index contributed by atoms with van der Waals surface area (Å²) in [6.45, 7) is 6.35. The first-order valence-corrected chi connectivity index (χ1v) is 27.6. The molecule has 0 aliphatic carbocycles. The first-order valence-electron chi connectivity index (χ1n) is 27.6. The van der Waals surface area contributed by atoms with Gasteiger partial charge in [0.2, 0.25) is 5.91 Å². The van der Waals surface area contributed by atoms with Crippen molar-refractivity contribution in [2.75, 3.05) is 6.61 Å². The van der Waals surface area contributed by atoms with Gasteiger partial charge in [0.25, 0.3) is 0 Å². The maximum absolute atomic E-state index is 13.2. The van der Waals surface area contributed by atoms with Crippen LogP contribution in [-0.2, 0) is 14.3 Å². The summed E-state index contributed by atoms with van der Waals surface area (Å²) >= 11 is 0.